The number of anilines is 2. The van der Waals surface area contributed by atoms with Crippen LogP contribution >= 0.6 is 11.3 Å². The van der Waals surface area contributed by atoms with Crippen molar-refractivity contribution in [2.45, 2.75) is 58.1 Å². The number of aromatic nitrogens is 2. The van der Waals surface area contributed by atoms with Crippen molar-refractivity contribution in [3.05, 3.63) is 22.7 Å². The number of rotatable bonds is 7. The molecule has 35 heavy (non-hydrogen) atoms. The van der Waals surface area contributed by atoms with Gasteiger partial charge in [0, 0.05) is 18.8 Å². The number of carbonyl (C=O) groups excluding carboxylic acids is 1. The van der Waals surface area contributed by atoms with E-state index in [0.29, 0.717) is 25.2 Å². The summed E-state index contributed by atoms with van der Waals surface area (Å²) in [6.07, 6.45) is 2.28. The first-order chi connectivity index (χ1) is 16.2. The molecule has 0 bridgehead atoms. The summed E-state index contributed by atoms with van der Waals surface area (Å²) in [7, 11) is -5.69. The van der Waals surface area contributed by atoms with Gasteiger partial charge in [-0.3, -0.25) is 4.72 Å². The Labute approximate surface area is 204 Å². The number of carbonyl (C=O) groups is 1. The van der Waals surface area contributed by atoms with Gasteiger partial charge in [0.05, 0.1) is 5.69 Å². The fourth-order valence-corrected chi connectivity index (χ4v) is 4.43. The zero-order chi connectivity index (χ0) is 26.0. The maximum absolute atomic E-state index is 13.1. The number of esters is 1. The first kappa shape index (κ1) is 26.8. The van der Waals surface area contributed by atoms with E-state index >= 15 is 0 Å². The molecule has 0 aliphatic carbocycles. The van der Waals surface area contributed by atoms with Gasteiger partial charge in [-0.05, 0) is 57.7 Å². The van der Waals surface area contributed by atoms with Gasteiger partial charge >= 0.3 is 21.5 Å². The van der Waals surface area contributed by atoms with E-state index in [-0.39, 0.29) is 21.5 Å². The molecule has 1 aliphatic heterocycles. The van der Waals surface area contributed by atoms with Crippen molar-refractivity contribution in [3.8, 4) is 0 Å². The maximum atomic E-state index is 13.1. The fraction of sp³-hybridized carbons (Fsp3) is 0.550. The normalized spacial score (nSPS) is 14.8. The van der Waals surface area contributed by atoms with E-state index in [1.54, 1.807) is 25.5 Å². The van der Waals surface area contributed by atoms with Crippen molar-refractivity contribution < 1.29 is 31.1 Å². The van der Waals surface area contributed by atoms with E-state index < -0.39 is 27.1 Å². The van der Waals surface area contributed by atoms with Crippen molar-refractivity contribution in [3.63, 3.8) is 0 Å². The lowest BCUT2D eigenvalue weighted by molar-refractivity contribution is -0.0429. The van der Waals surface area contributed by atoms with Crippen LogP contribution in [-0.2, 0) is 21.2 Å². The first-order valence-electron chi connectivity index (χ1n) is 10.7. The molecule has 2 heterocycles. The largest absolute Gasteiger partial charge is 0.516 e. The number of alkyl halides is 3. The monoisotopic (exact) mass is 534 g/mol. The highest BCUT2D eigenvalue weighted by Crippen LogP contribution is 2.39. The van der Waals surface area contributed by atoms with Crippen molar-refractivity contribution in [2.75, 3.05) is 22.7 Å². The molecular weight excluding hydrogens is 509 g/mol. The number of sulfonamides is 1. The number of fused-ring (bicyclic) bond motifs is 1. The Kier molecular flexibility index (Phi) is 7.69. The van der Waals surface area contributed by atoms with Crippen LogP contribution in [0.1, 0.15) is 55.9 Å². The van der Waals surface area contributed by atoms with Crippen LogP contribution in [-0.4, -0.2) is 48.8 Å². The predicted octanol–water partition coefficient (Wildman–Crippen LogP) is 5.33. The molecule has 1 N–H and O–H groups in total. The highest BCUT2D eigenvalue weighted by molar-refractivity contribution is 7.93. The van der Waals surface area contributed by atoms with Gasteiger partial charge in [0.15, 0.2) is 0 Å². The lowest BCUT2D eigenvalue weighted by Gasteiger charge is -2.32. The van der Waals surface area contributed by atoms with Crippen molar-refractivity contribution in [2.24, 2.45) is 10.2 Å². The summed E-state index contributed by atoms with van der Waals surface area (Å²) in [6, 6.07) is 2.85. The third-order valence-corrected chi connectivity index (χ3v) is 6.57. The minimum absolute atomic E-state index is 0.0548. The van der Waals surface area contributed by atoms with Gasteiger partial charge < -0.3 is 9.64 Å². The molecule has 0 amide bonds. The van der Waals surface area contributed by atoms with Crippen LogP contribution in [0.4, 0.5) is 35.4 Å². The van der Waals surface area contributed by atoms with Gasteiger partial charge in [0.25, 0.3) is 5.13 Å². The second-order valence-corrected chi connectivity index (χ2v) is 11.4. The van der Waals surface area contributed by atoms with Crippen LogP contribution in [0.3, 0.4) is 0 Å². The fourth-order valence-electron chi connectivity index (χ4n) is 3.32. The molecule has 0 atom stereocenters. The molecule has 3 rings (SSSR count). The molecule has 0 fully saturated rings. The van der Waals surface area contributed by atoms with Gasteiger partial charge in [-0.1, -0.05) is 18.3 Å². The van der Waals surface area contributed by atoms with E-state index in [2.05, 4.69) is 20.4 Å². The Morgan fingerprint density at radius 2 is 1.94 bits per heavy atom. The minimum atomic E-state index is -5.69. The average Bonchev–Trinajstić information content (AvgIpc) is 3.20. The van der Waals surface area contributed by atoms with Crippen LogP contribution in [0, 0.1) is 0 Å². The summed E-state index contributed by atoms with van der Waals surface area (Å²) < 4.78 is 69.6. The van der Waals surface area contributed by atoms with E-state index in [4.69, 9.17) is 4.74 Å². The predicted molar refractivity (Wildman–Crippen MR) is 125 cm³/mol. The minimum Gasteiger partial charge on any atom is -0.455 e. The van der Waals surface area contributed by atoms with Crippen LogP contribution in [0.15, 0.2) is 22.4 Å². The van der Waals surface area contributed by atoms with Gasteiger partial charge in [0.1, 0.15) is 11.3 Å². The number of hydrogen-bond donors (Lipinski definition) is 1. The Hall–Kier alpha value is -2.81. The topological polar surface area (TPSA) is 126 Å². The number of benzene rings is 1. The van der Waals surface area contributed by atoms with Crippen molar-refractivity contribution in [1.82, 2.24) is 10.2 Å². The third kappa shape index (κ3) is 6.66. The standard InChI is InChI=1S/C20H25F3N6O4S2/c1-5-8-29-9-6-7-12-10-13(14(11-15(12)29)28-35(31,32)20(21,22)23)24-26-18-27-25-16(34-18)17(30)33-19(2,3)4/h10-11,28H,5-9H2,1-4H3. The van der Waals surface area contributed by atoms with Crippen molar-refractivity contribution in [1.29, 1.82) is 0 Å². The number of hydrogen-bond acceptors (Lipinski definition) is 10. The Morgan fingerprint density at radius 3 is 2.57 bits per heavy atom. The maximum Gasteiger partial charge on any atom is 0.516 e. The van der Waals surface area contributed by atoms with E-state index in [1.807, 2.05) is 11.8 Å². The number of nitrogens with one attached hydrogen (secondary N) is 1. The molecule has 1 aromatic carbocycles. The first-order valence-corrected chi connectivity index (χ1v) is 13.0. The summed E-state index contributed by atoms with van der Waals surface area (Å²) in [5.74, 6) is -0.708. The number of azo groups is 1. The lowest BCUT2D eigenvalue weighted by atomic mass is 10.00. The Balaban J connectivity index is 1.98. The van der Waals surface area contributed by atoms with Gasteiger partial charge in [-0.15, -0.1) is 20.4 Å². The van der Waals surface area contributed by atoms with E-state index in [0.717, 1.165) is 29.7 Å². The van der Waals surface area contributed by atoms with Gasteiger partial charge in [-0.2, -0.15) is 21.6 Å². The number of aryl methyl sites for hydroxylation is 1. The average molecular weight is 535 g/mol. The molecule has 192 valence electrons. The Morgan fingerprint density at radius 1 is 1.23 bits per heavy atom. The van der Waals surface area contributed by atoms with Crippen LogP contribution in [0.5, 0.6) is 0 Å². The molecule has 0 radical (unpaired) electrons. The highest BCUT2D eigenvalue weighted by atomic mass is 32.2. The van der Waals surface area contributed by atoms with Gasteiger partial charge in [-0.25, -0.2) is 4.79 Å². The highest BCUT2D eigenvalue weighted by Gasteiger charge is 2.46. The molecule has 0 saturated heterocycles. The number of nitrogens with zero attached hydrogens (tertiary/aromatic N) is 5. The molecule has 2 aromatic rings. The zero-order valence-corrected chi connectivity index (χ0v) is 21.1. The van der Waals surface area contributed by atoms with E-state index in [9.17, 15) is 26.4 Å². The lowest BCUT2D eigenvalue weighted by Crippen LogP contribution is -2.31. The van der Waals surface area contributed by atoms with Crippen molar-refractivity contribution >= 4 is 49.5 Å². The van der Waals surface area contributed by atoms with Crippen LogP contribution < -0.4 is 9.62 Å². The molecule has 15 heteroatoms. The number of ether oxygens (including phenoxy) is 1. The Bertz CT molecular complexity index is 1220. The molecule has 0 saturated carbocycles. The quantitative estimate of drug-likeness (QED) is 0.376. The zero-order valence-electron chi connectivity index (χ0n) is 19.5. The number of halogens is 3. The van der Waals surface area contributed by atoms with Gasteiger partial charge in [0.2, 0.25) is 5.01 Å². The molecule has 0 unspecified atom stereocenters. The third-order valence-electron chi connectivity index (χ3n) is 4.69. The SMILES string of the molecule is CCCN1CCCc2cc(N=Nc3nnc(C(=O)OC(C)(C)C)s3)c(NS(=O)(=O)C(F)(F)F)cc21. The summed E-state index contributed by atoms with van der Waals surface area (Å²) in [6.45, 7) is 8.40. The van der Waals surface area contributed by atoms with Crippen LogP contribution in [0.25, 0.3) is 0 Å². The molecule has 1 aromatic heterocycles. The summed E-state index contributed by atoms with van der Waals surface area (Å²) >= 11 is 0.776. The molecular formula is C20H25F3N6O4S2. The summed E-state index contributed by atoms with van der Waals surface area (Å²) in [5, 5.41) is 15.1. The van der Waals surface area contributed by atoms with Crippen LogP contribution in [0.2, 0.25) is 0 Å². The smallest absolute Gasteiger partial charge is 0.455 e. The molecule has 0 spiro atoms. The summed E-state index contributed by atoms with van der Waals surface area (Å²) in [5.41, 5.74) is -5.31. The second kappa shape index (κ2) is 10.0. The summed E-state index contributed by atoms with van der Waals surface area (Å²) in [4.78, 5) is 14.1. The van der Waals surface area contributed by atoms with E-state index in [1.165, 1.54) is 12.1 Å². The molecule has 1 aliphatic rings. The molecule has 10 nitrogen and oxygen atoms in total. The second-order valence-electron chi connectivity index (χ2n) is 8.73.